The Morgan fingerprint density at radius 1 is 1.27 bits per heavy atom. The quantitative estimate of drug-likeness (QED) is 0.751. The number of hydrogen-bond donors (Lipinski definition) is 1. The molecule has 1 aliphatic carbocycles. The van der Waals surface area contributed by atoms with Crippen LogP contribution >= 0.6 is 0 Å². The molecule has 1 saturated heterocycles. The van der Waals surface area contributed by atoms with Gasteiger partial charge in [-0.1, -0.05) is 19.3 Å². The van der Waals surface area contributed by atoms with Crippen molar-refractivity contribution in [3.8, 4) is 0 Å². The molecule has 1 aliphatic heterocycles. The Bertz CT molecular complexity index is 282. The molecule has 1 saturated carbocycles. The highest BCUT2D eigenvalue weighted by Gasteiger charge is 2.46. The molecule has 0 aromatic heterocycles. The normalized spacial score (nSPS) is 24.8. The fraction of sp³-hybridized carbons (Fsp3) is 0.818. The molecule has 1 heterocycles. The van der Waals surface area contributed by atoms with Gasteiger partial charge in [-0.15, -0.1) is 0 Å². The Balaban J connectivity index is 2.15. The van der Waals surface area contributed by atoms with Crippen LogP contribution in [0.5, 0.6) is 0 Å². The molecule has 0 unspecified atom stereocenters. The number of aliphatic carboxylic acids is 1. The van der Waals surface area contributed by atoms with E-state index < -0.39 is 5.97 Å². The number of hydrogen-bond acceptors (Lipinski definition) is 2. The fourth-order valence-corrected chi connectivity index (χ4v) is 3.00. The Kier molecular flexibility index (Phi) is 2.67. The molecule has 0 bridgehead atoms. The minimum Gasteiger partial charge on any atom is -0.480 e. The van der Waals surface area contributed by atoms with E-state index in [-0.39, 0.29) is 18.0 Å². The average Bonchev–Trinajstić information content (AvgIpc) is 2.48. The summed E-state index contributed by atoms with van der Waals surface area (Å²) in [6.07, 6.45) is 6.86. The number of carboxylic acids is 1. The second-order valence-electron chi connectivity index (χ2n) is 4.66. The zero-order chi connectivity index (χ0) is 10.9. The maximum Gasteiger partial charge on any atom is 0.323 e. The molecule has 2 rings (SSSR count). The van der Waals surface area contributed by atoms with Crippen molar-refractivity contribution < 1.29 is 14.7 Å². The third-order valence-electron chi connectivity index (χ3n) is 3.76. The number of carbonyl (C=O) groups is 2. The summed E-state index contributed by atoms with van der Waals surface area (Å²) in [6.45, 7) is -0.112. The van der Waals surface area contributed by atoms with Gasteiger partial charge in [0.25, 0.3) is 0 Å². The van der Waals surface area contributed by atoms with Crippen LogP contribution in [0.25, 0.3) is 0 Å². The van der Waals surface area contributed by atoms with E-state index in [9.17, 15) is 9.59 Å². The van der Waals surface area contributed by atoms with Gasteiger partial charge in [0.15, 0.2) is 0 Å². The van der Waals surface area contributed by atoms with Crippen LogP contribution in [0.2, 0.25) is 0 Å². The van der Waals surface area contributed by atoms with Crippen LogP contribution in [0, 0.1) is 0 Å². The highest BCUT2D eigenvalue weighted by Crippen LogP contribution is 2.41. The Hall–Kier alpha value is -1.06. The van der Waals surface area contributed by atoms with Crippen LogP contribution in [-0.2, 0) is 9.59 Å². The largest absolute Gasteiger partial charge is 0.480 e. The highest BCUT2D eigenvalue weighted by molar-refractivity contribution is 5.84. The van der Waals surface area contributed by atoms with E-state index in [2.05, 4.69) is 0 Å². The van der Waals surface area contributed by atoms with Crippen molar-refractivity contribution in [1.29, 1.82) is 0 Å². The van der Waals surface area contributed by atoms with E-state index in [0.29, 0.717) is 6.42 Å². The van der Waals surface area contributed by atoms with Crippen LogP contribution in [0.1, 0.15) is 44.9 Å². The smallest absolute Gasteiger partial charge is 0.323 e. The molecule has 0 aromatic rings. The number of carboxylic acid groups (broad SMARTS) is 1. The van der Waals surface area contributed by atoms with Gasteiger partial charge in [-0.25, -0.2) is 0 Å². The summed E-state index contributed by atoms with van der Waals surface area (Å²) in [5.74, 6) is -0.866. The first-order valence-corrected chi connectivity index (χ1v) is 5.66. The molecule has 4 heteroatoms. The van der Waals surface area contributed by atoms with Gasteiger partial charge in [0, 0.05) is 12.0 Å². The third-order valence-corrected chi connectivity index (χ3v) is 3.76. The lowest BCUT2D eigenvalue weighted by Gasteiger charge is -2.40. The number of amides is 1. The van der Waals surface area contributed by atoms with Gasteiger partial charge >= 0.3 is 5.97 Å². The van der Waals surface area contributed by atoms with E-state index in [1.54, 1.807) is 4.90 Å². The van der Waals surface area contributed by atoms with Crippen molar-refractivity contribution in [3.05, 3.63) is 0 Å². The molecular formula is C11H17NO3. The van der Waals surface area contributed by atoms with Gasteiger partial charge in [0.2, 0.25) is 5.91 Å². The molecule has 0 radical (unpaired) electrons. The predicted molar refractivity (Wildman–Crippen MR) is 54.4 cm³/mol. The Labute approximate surface area is 89.3 Å². The molecule has 1 N–H and O–H groups in total. The molecule has 4 nitrogen and oxygen atoms in total. The van der Waals surface area contributed by atoms with E-state index in [4.69, 9.17) is 5.11 Å². The number of nitrogens with zero attached hydrogens (tertiary/aromatic N) is 1. The monoisotopic (exact) mass is 211 g/mol. The molecule has 2 fully saturated rings. The molecule has 15 heavy (non-hydrogen) atoms. The highest BCUT2D eigenvalue weighted by atomic mass is 16.4. The average molecular weight is 211 g/mol. The molecule has 1 spiro atoms. The standard InChI is InChI=1S/C11H17NO3/c13-9-4-7-11(5-2-1-3-6-11)12(9)8-10(14)15/h1-8H2,(H,14,15). The van der Waals surface area contributed by atoms with Gasteiger partial charge in [0.05, 0.1) is 0 Å². The maximum absolute atomic E-state index is 11.6. The Morgan fingerprint density at radius 2 is 1.93 bits per heavy atom. The summed E-state index contributed by atoms with van der Waals surface area (Å²) in [4.78, 5) is 24.0. The minimum atomic E-state index is -0.893. The first-order valence-electron chi connectivity index (χ1n) is 5.66. The van der Waals surface area contributed by atoms with Crippen LogP contribution in [-0.4, -0.2) is 34.0 Å². The van der Waals surface area contributed by atoms with Crippen LogP contribution in [0.4, 0.5) is 0 Å². The zero-order valence-corrected chi connectivity index (χ0v) is 8.87. The zero-order valence-electron chi connectivity index (χ0n) is 8.87. The summed E-state index contributed by atoms with van der Waals surface area (Å²) in [7, 11) is 0. The van der Waals surface area contributed by atoms with Crippen LogP contribution in [0.15, 0.2) is 0 Å². The molecular weight excluding hydrogens is 194 g/mol. The molecule has 0 atom stereocenters. The van der Waals surface area contributed by atoms with Crippen molar-refractivity contribution in [2.24, 2.45) is 0 Å². The maximum atomic E-state index is 11.6. The summed E-state index contributed by atoms with van der Waals surface area (Å²) >= 11 is 0. The number of likely N-dealkylation sites (tertiary alicyclic amines) is 1. The minimum absolute atomic E-state index is 0.0271. The molecule has 2 aliphatic rings. The second kappa shape index (κ2) is 3.83. The summed E-state index contributed by atoms with van der Waals surface area (Å²) < 4.78 is 0. The molecule has 0 aromatic carbocycles. The lowest BCUT2D eigenvalue weighted by Crippen LogP contribution is -2.49. The fourth-order valence-electron chi connectivity index (χ4n) is 3.00. The van der Waals surface area contributed by atoms with Crippen molar-refractivity contribution >= 4 is 11.9 Å². The third kappa shape index (κ3) is 1.85. The van der Waals surface area contributed by atoms with E-state index in [0.717, 1.165) is 32.1 Å². The van der Waals surface area contributed by atoms with E-state index >= 15 is 0 Å². The van der Waals surface area contributed by atoms with Gasteiger partial charge in [-0.2, -0.15) is 0 Å². The van der Waals surface area contributed by atoms with Gasteiger partial charge in [0.1, 0.15) is 6.54 Å². The molecule has 1 amide bonds. The lowest BCUT2D eigenvalue weighted by atomic mass is 9.80. The Morgan fingerprint density at radius 3 is 2.53 bits per heavy atom. The SMILES string of the molecule is O=C(O)CN1C(=O)CCC12CCCCC2. The predicted octanol–water partition coefficient (Wildman–Crippen LogP) is 1.40. The second-order valence-corrected chi connectivity index (χ2v) is 4.66. The van der Waals surface area contributed by atoms with E-state index in [1.807, 2.05) is 0 Å². The number of rotatable bonds is 2. The molecule has 84 valence electrons. The number of carbonyl (C=O) groups excluding carboxylic acids is 1. The van der Waals surface area contributed by atoms with Gasteiger partial charge in [-0.3, -0.25) is 9.59 Å². The van der Waals surface area contributed by atoms with Gasteiger partial charge in [-0.05, 0) is 19.3 Å². The summed E-state index contributed by atoms with van der Waals surface area (Å²) in [5.41, 5.74) is -0.103. The first kappa shape index (κ1) is 10.5. The summed E-state index contributed by atoms with van der Waals surface area (Å²) in [6, 6.07) is 0. The van der Waals surface area contributed by atoms with Crippen molar-refractivity contribution in [1.82, 2.24) is 4.90 Å². The lowest BCUT2D eigenvalue weighted by molar-refractivity contribution is -0.146. The van der Waals surface area contributed by atoms with Crippen LogP contribution in [0.3, 0.4) is 0 Å². The summed E-state index contributed by atoms with van der Waals surface area (Å²) in [5, 5.41) is 8.81. The van der Waals surface area contributed by atoms with E-state index in [1.165, 1.54) is 6.42 Å². The van der Waals surface area contributed by atoms with Crippen molar-refractivity contribution in [3.63, 3.8) is 0 Å². The van der Waals surface area contributed by atoms with Crippen LogP contribution < -0.4 is 0 Å². The van der Waals surface area contributed by atoms with Crippen molar-refractivity contribution in [2.45, 2.75) is 50.5 Å². The first-order chi connectivity index (χ1) is 7.14. The topological polar surface area (TPSA) is 57.6 Å². The van der Waals surface area contributed by atoms with Crippen molar-refractivity contribution in [2.75, 3.05) is 6.54 Å². The van der Waals surface area contributed by atoms with Gasteiger partial charge < -0.3 is 10.0 Å².